The first-order chi connectivity index (χ1) is 7.91. The van der Waals surface area contributed by atoms with Gasteiger partial charge >= 0.3 is 0 Å². The lowest BCUT2D eigenvalue weighted by Crippen LogP contribution is -2.12. The van der Waals surface area contributed by atoms with E-state index < -0.39 is 0 Å². The molecule has 0 atom stereocenters. The highest BCUT2D eigenvalue weighted by molar-refractivity contribution is 6.08. The molecule has 16 heavy (non-hydrogen) atoms. The zero-order chi connectivity index (χ0) is 11.9. The Morgan fingerprint density at radius 3 is 1.75 bits per heavy atom. The van der Waals surface area contributed by atoms with E-state index in [0.29, 0.717) is 46.4 Å². The summed E-state index contributed by atoms with van der Waals surface area (Å²) < 4.78 is 25.7. The van der Waals surface area contributed by atoms with Gasteiger partial charge in [0.25, 0.3) is 0 Å². The van der Waals surface area contributed by atoms with Crippen molar-refractivity contribution in [3.05, 3.63) is 0 Å². The van der Waals surface area contributed by atoms with Crippen LogP contribution in [0.5, 0.6) is 0 Å². The van der Waals surface area contributed by atoms with Gasteiger partial charge in [-0.25, -0.2) is 0 Å². The second-order valence-corrected chi connectivity index (χ2v) is 4.15. The SMILES string of the molecule is COCCOCCOCCOCOCC[SiH3]. The average Bonchev–Trinajstić information content (AvgIpc) is 2.31. The quantitative estimate of drug-likeness (QED) is 0.250. The molecular weight excluding hydrogens is 228 g/mol. The fraction of sp³-hybridized carbons (Fsp3) is 1.00. The van der Waals surface area contributed by atoms with Gasteiger partial charge < -0.3 is 23.7 Å². The van der Waals surface area contributed by atoms with Crippen molar-refractivity contribution in [3.8, 4) is 0 Å². The minimum absolute atomic E-state index is 0.371. The highest BCUT2D eigenvalue weighted by Gasteiger charge is 1.91. The van der Waals surface area contributed by atoms with E-state index >= 15 is 0 Å². The molecule has 0 bridgehead atoms. The van der Waals surface area contributed by atoms with Crippen LogP contribution in [0.15, 0.2) is 0 Å². The molecule has 0 amide bonds. The predicted molar refractivity (Wildman–Crippen MR) is 65.0 cm³/mol. The first-order valence-electron chi connectivity index (χ1n) is 5.71. The minimum Gasteiger partial charge on any atom is -0.382 e. The third-order valence-electron chi connectivity index (χ3n) is 1.69. The number of hydrogen-bond acceptors (Lipinski definition) is 5. The molecular formula is C10H24O5Si. The van der Waals surface area contributed by atoms with Crippen molar-refractivity contribution in [2.45, 2.75) is 6.04 Å². The van der Waals surface area contributed by atoms with Crippen LogP contribution in [0, 0.1) is 0 Å². The lowest BCUT2D eigenvalue weighted by Gasteiger charge is -2.06. The highest BCUT2D eigenvalue weighted by Crippen LogP contribution is 1.83. The van der Waals surface area contributed by atoms with E-state index in [1.165, 1.54) is 10.2 Å². The zero-order valence-electron chi connectivity index (χ0n) is 10.4. The molecule has 0 aliphatic rings. The molecule has 0 saturated carbocycles. The van der Waals surface area contributed by atoms with Crippen molar-refractivity contribution >= 4 is 10.2 Å². The maximum absolute atomic E-state index is 5.28. The van der Waals surface area contributed by atoms with Gasteiger partial charge in [-0.15, -0.1) is 0 Å². The molecule has 0 spiro atoms. The molecule has 0 heterocycles. The van der Waals surface area contributed by atoms with Crippen LogP contribution in [-0.4, -0.2) is 70.4 Å². The molecule has 0 aromatic heterocycles. The average molecular weight is 252 g/mol. The molecule has 5 nitrogen and oxygen atoms in total. The lowest BCUT2D eigenvalue weighted by molar-refractivity contribution is -0.0694. The molecule has 6 heteroatoms. The van der Waals surface area contributed by atoms with Crippen molar-refractivity contribution < 1.29 is 23.7 Å². The number of ether oxygens (including phenoxy) is 5. The van der Waals surface area contributed by atoms with Crippen molar-refractivity contribution in [1.82, 2.24) is 0 Å². The molecule has 0 unspecified atom stereocenters. The van der Waals surface area contributed by atoms with Gasteiger partial charge in [0, 0.05) is 24.0 Å². The standard InChI is InChI=1S/C10H24O5Si/c1-11-2-3-12-4-5-13-6-7-14-10-15-8-9-16/h2-10H2,1,16H3. The van der Waals surface area contributed by atoms with Crippen LogP contribution >= 0.6 is 0 Å². The number of rotatable bonds is 13. The van der Waals surface area contributed by atoms with Gasteiger partial charge in [0.2, 0.25) is 0 Å². The van der Waals surface area contributed by atoms with E-state index in [1.54, 1.807) is 7.11 Å². The zero-order valence-corrected chi connectivity index (χ0v) is 12.4. The second kappa shape index (κ2) is 15.0. The molecule has 0 aromatic carbocycles. The van der Waals surface area contributed by atoms with Crippen LogP contribution < -0.4 is 0 Å². The summed E-state index contributed by atoms with van der Waals surface area (Å²) >= 11 is 0. The second-order valence-electron chi connectivity index (χ2n) is 3.15. The monoisotopic (exact) mass is 252 g/mol. The van der Waals surface area contributed by atoms with Crippen LogP contribution in [0.3, 0.4) is 0 Å². The minimum atomic E-state index is 0.371. The summed E-state index contributed by atoms with van der Waals surface area (Å²) in [7, 11) is 2.83. The van der Waals surface area contributed by atoms with E-state index in [-0.39, 0.29) is 0 Å². The highest BCUT2D eigenvalue weighted by atomic mass is 28.1. The van der Waals surface area contributed by atoms with E-state index in [2.05, 4.69) is 0 Å². The van der Waals surface area contributed by atoms with Gasteiger partial charge in [-0.05, 0) is 6.04 Å². The Bertz CT molecular complexity index is 112. The molecule has 0 rings (SSSR count). The third kappa shape index (κ3) is 14.0. The molecule has 0 saturated heterocycles. The Morgan fingerprint density at radius 1 is 0.688 bits per heavy atom. The van der Waals surface area contributed by atoms with Crippen molar-refractivity contribution in [3.63, 3.8) is 0 Å². The largest absolute Gasteiger partial charge is 0.382 e. The van der Waals surface area contributed by atoms with Gasteiger partial charge in [-0.2, -0.15) is 0 Å². The van der Waals surface area contributed by atoms with Gasteiger partial charge in [0.1, 0.15) is 6.79 Å². The normalized spacial score (nSPS) is 11.1. The van der Waals surface area contributed by atoms with E-state index in [0.717, 1.165) is 12.7 Å². The first-order valence-corrected chi connectivity index (χ1v) is 7.13. The van der Waals surface area contributed by atoms with E-state index in [4.69, 9.17) is 23.7 Å². The molecule has 0 aromatic rings. The van der Waals surface area contributed by atoms with Crippen LogP contribution in [0.2, 0.25) is 6.04 Å². The Morgan fingerprint density at radius 2 is 1.19 bits per heavy atom. The van der Waals surface area contributed by atoms with E-state index in [1.807, 2.05) is 0 Å². The predicted octanol–water partition coefficient (Wildman–Crippen LogP) is -0.560. The number of methoxy groups -OCH3 is 1. The summed E-state index contributed by atoms with van der Waals surface area (Å²) in [6.45, 7) is 4.76. The maximum atomic E-state index is 5.28. The maximum Gasteiger partial charge on any atom is 0.146 e. The van der Waals surface area contributed by atoms with Gasteiger partial charge in [-0.3, -0.25) is 0 Å². The molecule has 0 fully saturated rings. The molecule has 0 aliphatic heterocycles. The van der Waals surface area contributed by atoms with Gasteiger partial charge in [-0.1, -0.05) is 0 Å². The fourth-order valence-corrected chi connectivity index (χ4v) is 1.19. The van der Waals surface area contributed by atoms with Gasteiger partial charge in [0.05, 0.1) is 39.6 Å². The van der Waals surface area contributed by atoms with Crippen molar-refractivity contribution in [2.75, 3.05) is 60.2 Å². The summed E-state index contributed by atoms with van der Waals surface area (Å²) in [6, 6.07) is 1.15. The Kier molecular flexibility index (Phi) is 15.0. The smallest absolute Gasteiger partial charge is 0.146 e. The third-order valence-corrected chi connectivity index (χ3v) is 2.10. The molecule has 0 radical (unpaired) electrons. The van der Waals surface area contributed by atoms with Crippen LogP contribution in [0.1, 0.15) is 0 Å². The van der Waals surface area contributed by atoms with Crippen LogP contribution in [0.4, 0.5) is 0 Å². The first kappa shape index (κ1) is 16.0. The van der Waals surface area contributed by atoms with Crippen LogP contribution in [0.25, 0.3) is 0 Å². The fourth-order valence-electron chi connectivity index (χ4n) is 0.903. The van der Waals surface area contributed by atoms with Gasteiger partial charge in [0.15, 0.2) is 0 Å². The van der Waals surface area contributed by atoms with Crippen molar-refractivity contribution in [2.24, 2.45) is 0 Å². The van der Waals surface area contributed by atoms with E-state index in [9.17, 15) is 0 Å². The summed E-state index contributed by atoms with van der Waals surface area (Å²) in [5, 5.41) is 0. The Hall–Kier alpha value is 0.0169. The van der Waals surface area contributed by atoms with Crippen LogP contribution in [-0.2, 0) is 23.7 Å². The summed E-state index contributed by atoms with van der Waals surface area (Å²) in [5.41, 5.74) is 0. The molecule has 98 valence electrons. The van der Waals surface area contributed by atoms with Crippen molar-refractivity contribution in [1.29, 1.82) is 0 Å². The lowest BCUT2D eigenvalue weighted by atomic mass is 10.7. The number of hydrogen-bond donors (Lipinski definition) is 0. The Labute approximate surface area is 101 Å². The summed E-state index contributed by atoms with van der Waals surface area (Å²) in [4.78, 5) is 0. The molecule has 0 aliphatic carbocycles. The topological polar surface area (TPSA) is 46.2 Å². The summed E-state index contributed by atoms with van der Waals surface area (Å²) in [6.07, 6.45) is 0. The molecule has 0 N–H and O–H groups in total. The summed E-state index contributed by atoms with van der Waals surface area (Å²) in [5.74, 6) is 0. The Balaban J connectivity index is 2.83.